The Morgan fingerprint density at radius 2 is 1.91 bits per heavy atom. The Bertz CT molecular complexity index is 654. The van der Waals surface area contributed by atoms with Crippen LogP contribution >= 0.6 is 0 Å². The SMILES string of the molecule is CCN(CC)C(=O)Cn1c(C)c(CC(C)N)c2ccccc21. The summed E-state index contributed by atoms with van der Waals surface area (Å²) in [4.78, 5) is 14.4. The van der Waals surface area contributed by atoms with Gasteiger partial charge in [-0.3, -0.25) is 4.79 Å². The van der Waals surface area contributed by atoms with Gasteiger partial charge in [0.05, 0.1) is 0 Å². The average molecular weight is 301 g/mol. The van der Waals surface area contributed by atoms with E-state index in [2.05, 4.69) is 23.6 Å². The molecule has 0 radical (unpaired) electrons. The Morgan fingerprint density at radius 1 is 1.27 bits per heavy atom. The van der Waals surface area contributed by atoms with Crippen LogP contribution < -0.4 is 5.73 Å². The lowest BCUT2D eigenvalue weighted by Crippen LogP contribution is -2.33. The van der Waals surface area contributed by atoms with Crippen LogP contribution in [0.2, 0.25) is 0 Å². The molecule has 0 saturated heterocycles. The summed E-state index contributed by atoms with van der Waals surface area (Å²) in [7, 11) is 0. The molecule has 1 amide bonds. The summed E-state index contributed by atoms with van der Waals surface area (Å²) < 4.78 is 2.13. The highest BCUT2D eigenvalue weighted by Crippen LogP contribution is 2.27. The van der Waals surface area contributed by atoms with Gasteiger partial charge in [0, 0.05) is 35.7 Å². The molecular formula is C18H27N3O. The van der Waals surface area contributed by atoms with E-state index in [0.29, 0.717) is 6.54 Å². The standard InChI is InChI=1S/C18H27N3O/c1-5-20(6-2)18(22)12-21-14(4)16(11-13(3)19)15-9-7-8-10-17(15)21/h7-10,13H,5-6,11-12,19H2,1-4H3. The van der Waals surface area contributed by atoms with E-state index in [1.165, 1.54) is 10.9 Å². The molecule has 0 spiro atoms. The normalized spacial score (nSPS) is 12.6. The topological polar surface area (TPSA) is 51.3 Å². The molecule has 0 bridgehead atoms. The number of carbonyl (C=O) groups excluding carboxylic acids is 1. The molecule has 0 fully saturated rings. The number of benzene rings is 1. The number of para-hydroxylation sites is 1. The van der Waals surface area contributed by atoms with E-state index in [0.717, 1.165) is 30.7 Å². The minimum absolute atomic E-state index is 0.108. The molecule has 0 aliphatic heterocycles. The summed E-state index contributed by atoms with van der Waals surface area (Å²) in [6, 6.07) is 8.39. The van der Waals surface area contributed by atoms with E-state index in [4.69, 9.17) is 5.73 Å². The van der Waals surface area contributed by atoms with Gasteiger partial charge in [0.2, 0.25) is 5.91 Å². The maximum absolute atomic E-state index is 12.5. The lowest BCUT2D eigenvalue weighted by Gasteiger charge is -2.20. The third kappa shape index (κ3) is 3.17. The molecule has 0 aliphatic carbocycles. The van der Waals surface area contributed by atoms with Crippen LogP contribution in [-0.2, 0) is 17.8 Å². The first-order valence-corrected chi connectivity index (χ1v) is 8.09. The minimum atomic E-state index is 0.108. The number of carbonyl (C=O) groups is 1. The molecule has 2 N–H and O–H groups in total. The molecule has 22 heavy (non-hydrogen) atoms. The Balaban J connectivity index is 2.45. The fourth-order valence-electron chi connectivity index (χ4n) is 3.10. The van der Waals surface area contributed by atoms with Gasteiger partial charge in [-0.05, 0) is 45.7 Å². The summed E-state index contributed by atoms with van der Waals surface area (Å²) in [5, 5.41) is 1.21. The van der Waals surface area contributed by atoms with Crippen LogP contribution in [0.4, 0.5) is 0 Å². The van der Waals surface area contributed by atoms with Crippen LogP contribution in [0.25, 0.3) is 10.9 Å². The minimum Gasteiger partial charge on any atom is -0.342 e. The fourth-order valence-corrected chi connectivity index (χ4v) is 3.10. The quantitative estimate of drug-likeness (QED) is 0.892. The molecule has 1 aromatic heterocycles. The summed E-state index contributed by atoms with van der Waals surface area (Å²) in [6.45, 7) is 10.0. The first kappa shape index (κ1) is 16.6. The first-order valence-electron chi connectivity index (χ1n) is 8.09. The maximum atomic E-state index is 12.5. The molecule has 4 heteroatoms. The van der Waals surface area contributed by atoms with Gasteiger partial charge in [-0.2, -0.15) is 0 Å². The molecule has 2 rings (SSSR count). The second-order valence-electron chi connectivity index (χ2n) is 5.91. The molecule has 0 aliphatic rings. The molecule has 1 unspecified atom stereocenters. The van der Waals surface area contributed by atoms with Crippen molar-refractivity contribution < 1.29 is 4.79 Å². The van der Waals surface area contributed by atoms with E-state index in [1.807, 2.05) is 37.8 Å². The number of hydrogen-bond acceptors (Lipinski definition) is 2. The van der Waals surface area contributed by atoms with Gasteiger partial charge in [0.1, 0.15) is 6.54 Å². The summed E-state index contributed by atoms with van der Waals surface area (Å²) >= 11 is 0. The van der Waals surface area contributed by atoms with Crippen molar-refractivity contribution in [1.29, 1.82) is 0 Å². The zero-order valence-corrected chi connectivity index (χ0v) is 14.1. The third-order valence-electron chi connectivity index (χ3n) is 4.30. The van der Waals surface area contributed by atoms with E-state index >= 15 is 0 Å². The van der Waals surface area contributed by atoms with Crippen LogP contribution in [0.15, 0.2) is 24.3 Å². The second kappa shape index (κ2) is 6.97. The smallest absolute Gasteiger partial charge is 0.242 e. The summed E-state index contributed by atoms with van der Waals surface area (Å²) in [5.74, 6) is 0.168. The third-order valence-corrected chi connectivity index (χ3v) is 4.30. The van der Waals surface area contributed by atoms with E-state index in [9.17, 15) is 4.79 Å². The highest BCUT2D eigenvalue weighted by molar-refractivity contribution is 5.87. The predicted octanol–water partition coefficient (Wildman–Crippen LogP) is 2.71. The molecule has 1 heterocycles. The van der Waals surface area contributed by atoms with Crippen LogP contribution in [0, 0.1) is 6.92 Å². The molecule has 0 saturated carbocycles. The Kier molecular flexibility index (Phi) is 5.24. The zero-order chi connectivity index (χ0) is 16.3. The van der Waals surface area contributed by atoms with E-state index in [-0.39, 0.29) is 11.9 Å². The Hall–Kier alpha value is -1.81. The van der Waals surface area contributed by atoms with Crippen LogP contribution in [0.1, 0.15) is 32.0 Å². The van der Waals surface area contributed by atoms with Gasteiger partial charge in [-0.1, -0.05) is 18.2 Å². The molecular weight excluding hydrogens is 274 g/mol. The number of amides is 1. The number of likely N-dealkylation sites (N-methyl/N-ethyl adjacent to an activating group) is 1. The van der Waals surface area contributed by atoms with Gasteiger partial charge in [0.25, 0.3) is 0 Å². The monoisotopic (exact) mass is 301 g/mol. The molecule has 4 nitrogen and oxygen atoms in total. The van der Waals surface area contributed by atoms with Crippen molar-refractivity contribution in [1.82, 2.24) is 9.47 Å². The number of nitrogens with zero attached hydrogens (tertiary/aromatic N) is 2. The van der Waals surface area contributed by atoms with E-state index in [1.54, 1.807) is 0 Å². The highest BCUT2D eigenvalue weighted by Gasteiger charge is 2.18. The Morgan fingerprint density at radius 3 is 2.50 bits per heavy atom. The fraction of sp³-hybridized carbons (Fsp3) is 0.500. The van der Waals surface area contributed by atoms with Gasteiger partial charge in [-0.15, -0.1) is 0 Å². The molecule has 120 valence electrons. The largest absolute Gasteiger partial charge is 0.342 e. The van der Waals surface area contributed by atoms with Crippen molar-refractivity contribution in [2.24, 2.45) is 5.73 Å². The summed E-state index contributed by atoms with van der Waals surface area (Å²) in [6.07, 6.45) is 0.832. The predicted molar refractivity (Wildman–Crippen MR) is 92.0 cm³/mol. The first-order chi connectivity index (χ1) is 10.5. The van der Waals surface area contributed by atoms with Gasteiger partial charge < -0.3 is 15.2 Å². The van der Waals surface area contributed by atoms with Crippen LogP contribution in [0.3, 0.4) is 0 Å². The van der Waals surface area contributed by atoms with Gasteiger partial charge >= 0.3 is 0 Å². The van der Waals surface area contributed by atoms with Gasteiger partial charge in [-0.25, -0.2) is 0 Å². The Labute approximate surface area is 132 Å². The lowest BCUT2D eigenvalue weighted by molar-refractivity contribution is -0.131. The number of rotatable bonds is 6. The average Bonchev–Trinajstić information content (AvgIpc) is 2.74. The van der Waals surface area contributed by atoms with Gasteiger partial charge in [0.15, 0.2) is 0 Å². The zero-order valence-electron chi connectivity index (χ0n) is 14.1. The van der Waals surface area contributed by atoms with Crippen molar-refractivity contribution in [3.63, 3.8) is 0 Å². The lowest BCUT2D eigenvalue weighted by atomic mass is 10.0. The van der Waals surface area contributed by atoms with Crippen molar-refractivity contribution in [2.75, 3.05) is 13.1 Å². The summed E-state index contributed by atoms with van der Waals surface area (Å²) in [5.41, 5.74) is 9.54. The molecule has 1 atom stereocenters. The van der Waals surface area contributed by atoms with Crippen molar-refractivity contribution in [3.8, 4) is 0 Å². The van der Waals surface area contributed by atoms with Crippen molar-refractivity contribution in [2.45, 2.75) is 46.7 Å². The maximum Gasteiger partial charge on any atom is 0.242 e. The van der Waals surface area contributed by atoms with Crippen molar-refractivity contribution >= 4 is 16.8 Å². The van der Waals surface area contributed by atoms with Crippen molar-refractivity contribution in [3.05, 3.63) is 35.5 Å². The van der Waals surface area contributed by atoms with Crippen LogP contribution in [-0.4, -0.2) is 34.5 Å². The number of fused-ring (bicyclic) bond motifs is 1. The van der Waals surface area contributed by atoms with Crippen LogP contribution in [0.5, 0.6) is 0 Å². The molecule has 1 aromatic carbocycles. The number of aromatic nitrogens is 1. The van der Waals surface area contributed by atoms with E-state index < -0.39 is 0 Å². The number of nitrogens with two attached hydrogens (primary N) is 1. The number of hydrogen-bond donors (Lipinski definition) is 1. The second-order valence-corrected chi connectivity index (χ2v) is 5.91. The molecule has 2 aromatic rings. The highest BCUT2D eigenvalue weighted by atomic mass is 16.2.